The van der Waals surface area contributed by atoms with E-state index in [1.165, 1.54) is 12.3 Å². The molecule has 1 fully saturated rings. The van der Waals surface area contributed by atoms with Gasteiger partial charge in [0.05, 0.1) is 19.3 Å². The Hall–Kier alpha value is -3.59. The Morgan fingerprint density at radius 1 is 1.17 bits per heavy atom. The number of amides is 1. The first-order chi connectivity index (χ1) is 16.7. The second-order valence-electron chi connectivity index (χ2n) is 9.10. The smallest absolute Gasteiger partial charge is 0.286 e. The number of ether oxygens (including phenoxy) is 1. The van der Waals surface area contributed by atoms with Crippen LogP contribution in [-0.2, 0) is 17.2 Å². The normalized spacial score (nSPS) is 17.5. The number of hydrogen-bond acceptors (Lipinski definition) is 5. The Morgan fingerprint density at radius 3 is 2.80 bits per heavy atom. The molecule has 0 radical (unpaired) electrons. The summed E-state index contributed by atoms with van der Waals surface area (Å²) in [6.07, 6.45) is 2.06. The highest BCUT2D eigenvalue weighted by Crippen LogP contribution is 2.32. The number of aromatic nitrogens is 2. The summed E-state index contributed by atoms with van der Waals surface area (Å²) in [6.45, 7) is 5.33. The molecule has 35 heavy (non-hydrogen) atoms. The van der Waals surface area contributed by atoms with E-state index in [4.69, 9.17) is 4.74 Å². The van der Waals surface area contributed by atoms with Crippen molar-refractivity contribution in [2.75, 3.05) is 30.0 Å². The summed E-state index contributed by atoms with van der Waals surface area (Å²) in [6, 6.07) is 11.8. The number of nitrogens with zero attached hydrogens (tertiary/aromatic N) is 3. The van der Waals surface area contributed by atoms with Gasteiger partial charge in [-0.05, 0) is 60.4 Å². The lowest BCUT2D eigenvalue weighted by Crippen LogP contribution is -2.51. The monoisotopic (exact) mass is 480 g/mol. The zero-order valence-corrected chi connectivity index (χ0v) is 19.6. The Kier molecular flexibility index (Phi) is 5.88. The van der Waals surface area contributed by atoms with E-state index in [9.17, 15) is 18.4 Å². The average molecular weight is 481 g/mol. The summed E-state index contributed by atoms with van der Waals surface area (Å²) in [4.78, 5) is 31.6. The summed E-state index contributed by atoms with van der Waals surface area (Å²) in [5.74, 6) is -2.78. The molecule has 9 heteroatoms. The highest BCUT2D eigenvalue weighted by atomic mass is 19.3. The van der Waals surface area contributed by atoms with E-state index in [1.807, 2.05) is 19.1 Å². The number of pyridine rings is 2. The third-order valence-corrected chi connectivity index (χ3v) is 6.59. The van der Waals surface area contributed by atoms with E-state index >= 15 is 0 Å². The lowest BCUT2D eigenvalue weighted by Gasteiger charge is -2.42. The van der Waals surface area contributed by atoms with Crippen molar-refractivity contribution in [3.63, 3.8) is 0 Å². The van der Waals surface area contributed by atoms with Crippen molar-refractivity contribution in [3.05, 3.63) is 75.8 Å². The van der Waals surface area contributed by atoms with Gasteiger partial charge in [0.1, 0.15) is 11.5 Å². The molecule has 2 aliphatic rings. The maximum Gasteiger partial charge on any atom is 0.286 e. The van der Waals surface area contributed by atoms with Crippen LogP contribution in [0.5, 0.6) is 0 Å². The second-order valence-corrected chi connectivity index (χ2v) is 9.10. The minimum absolute atomic E-state index is 0.0684. The van der Waals surface area contributed by atoms with Crippen molar-refractivity contribution < 1.29 is 18.3 Å². The van der Waals surface area contributed by atoms with Gasteiger partial charge >= 0.3 is 0 Å². The Balaban J connectivity index is 1.46. The molecule has 2 aliphatic heterocycles. The van der Waals surface area contributed by atoms with Gasteiger partial charge in [-0.1, -0.05) is 6.07 Å². The van der Waals surface area contributed by atoms with E-state index in [-0.39, 0.29) is 17.2 Å². The van der Waals surface area contributed by atoms with Gasteiger partial charge < -0.3 is 15.0 Å². The first-order valence-electron chi connectivity index (χ1n) is 11.6. The summed E-state index contributed by atoms with van der Waals surface area (Å²) >= 11 is 0. The quantitative estimate of drug-likeness (QED) is 0.606. The van der Waals surface area contributed by atoms with Crippen LogP contribution in [0.25, 0.3) is 11.1 Å². The van der Waals surface area contributed by atoms with E-state index in [0.717, 1.165) is 48.5 Å². The highest BCUT2D eigenvalue weighted by Gasteiger charge is 2.30. The summed E-state index contributed by atoms with van der Waals surface area (Å²) in [7, 11) is 0. The molecule has 7 nitrogen and oxygen atoms in total. The van der Waals surface area contributed by atoms with Crippen LogP contribution in [0.1, 0.15) is 35.0 Å². The van der Waals surface area contributed by atoms with E-state index in [1.54, 1.807) is 22.8 Å². The summed E-state index contributed by atoms with van der Waals surface area (Å²) in [5.41, 5.74) is 2.57. The van der Waals surface area contributed by atoms with Crippen molar-refractivity contribution in [2.45, 2.75) is 38.8 Å². The minimum Gasteiger partial charge on any atom is -0.377 e. The number of nitrogens with one attached hydrogen (secondary N) is 1. The van der Waals surface area contributed by atoms with Gasteiger partial charge in [0.25, 0.3) is 17.4 Å². The molecular formula is C26H26F2N4O3. The van der Waals surface area contributed by atoms with Gasteiger partial charge in [-0.25, -0.2) is 0 Å². The lowest BCUT2D eigenvalue weighted by molar-refractivity contribution is 0.0127. The molecule has 0 saturated carbocycles. The molecule has 0 aliphatic carbocycles. The maximum absolute atomic E-state index is 13.6. The van der Waals surface area contributed by atoms with Gasteiger partial charge in [-0.2, -0.15) is 8.78 Å². The molecule has 0 unspecified atom stereocenters. The van der Waals surface area contributed by atoms with Crippen LogP contribution in [0.15, 0.2) is 53.5 Å². The van der Waals surface area contributed by atoms with Crippen molar-refractivity contribution in [3.8, 4) is 11.1 Å². The van der Waals surface area contributed by atoms with Crippen LogP contribution in [0, 0.1) is 6.92 Å². The zero-order chi connectivity index (χ0) is 24.7. The number of aryl methyl sites for hydroxylation is 1. The fourth-order valence-electron chi connectivity index (χ4n) is 4.70. The van der Waals surface area contributed by atoms with Gasteiger partial charge in [0.15, 0.2) is 0 Å². The summed E-state index contributed by atoms with van der Waals surface area (Å²) < 4.78 is 34.7. The molecule has 1 saturated heterocycles. The molecule has 0 bridgehead atoms. The van der Waals surface area contributed by atoms with Crippen LogP contribution in [0.4, 0.5) is 20.3 Å². The molecule has 1 aromatic carbocycles. The van der Waals surface area contributed by atoms with Gasteiger partial charge in [-0.15, -0.1) is 0 Å². The largest absolute Gasteiger partial charge is 0.377 e. The summed E-state index contributed by atoms with van der Waals surface area (Å²) in [5, 5.41) is 2.77. The Morgan fingerprint density at radius 2 is 2.00 bits per heavy atom. The number of anilines is 2. The molecule has 4 heterocycles. The third kappa shape index (κ3) is 4.55. The molecule has 3 aromatic rings. The Labute approximate surface area is 201 Å². The third-order valence-electron chi connectivity index (χ3n) is 6.59. The average Bonchev–Trinajstić information content (AvgIpc) is 2.84. The van der Waals surface area contributed by atoms with Gasteiger partial charge in [0, 0.05) is 43.5 Å². The molecule has 1 amide bonds. The maximum atomic E-state index is 13.6. The molecular weight excluding hydrogens is 454 g/mol. The number of carbonyl (C=O) groups excluding carboxylic acids is 1. The fraction of sp³-hybridized carbons (Fsp3) is 0.346. The van der Waals surface area contributed by atoms with E-state index in [2.05, 4.69) is 15.2 Å². The number of carbonyl (C=O) groups is 1. The number of rotatable bonds is 4. The van der Waals surface area contributed by atoms with Gasteiger partial charge in [-0.3, -0.25) is 19.1 Å². The van der Waals surface area contributed by atoms with Crippen LogP contribution < -0.4 is 15.8 Å². The minimum atomic E-state index is -3.15. The molecule has 0 spiro atoms. The zero-order valence-electron chi connectivity index (χ0n) is 19.6. The number of halogens is 2. The first-order valence-corrected chi connectivity index (χ1v) is 11.6. The lowest BCUT2D eigenvalue weighted by atomic mass is 9.99. The fourth-order valence-corrected chi connectivity index (χ4v) is 4.70. The van der Waals surface area contributed by atoms with E-state index in [0.29, 0.717) is 25.4 Å². The standard InChI is InChI=1S/C26H26F2N4O3/c1-16-3-4-19(30-25(34)17-5-7-29-22(11-17)26(2,27)28)14-21(16)18-12-23-31-9-10-35-15-20(31)6-8-32(23)24(33)13-18/h3-5,7,11-14,20H,6,8-10,15H2,1-2H3,(H,30,34)/t20-/m0/s1. The van der Waals surface area contributed by atoms with Crippen molar-refractivity contribution in [1.82, 2.24) is 9.55 Å². The van der Waals surface area contributed by atoms with Gasteiger partial charge in [0.2, 0.25) is 0 Å². The molecule has 1 atom stereocenters. The number of alkyl halides is 2. The molecule has 182 valence electrons. The number of fused-ring (bicyclic) bond motifs is 3. The molecule has 2 aromatic heterocycles. The van der Waals surface area contributed by atoms with Crippen LogP contribution in [0.3, 0.4) is 0 Å². The van der Waals surface area contributed by atoms with Crippen LogP contribution in [0.2, 0.25) is 0 Å². The predicted molar refractivity (Wildman–Crippen MR) is 129 cm³/mol. The second kappa shape index (κ2) is 8.88. The number of benzene rings is 1. The first kappa shape index (κ1) is 23.2. The van der Waals surface area contributed by atoms with Crippen molar-refractivity contribution in [2.24, 2.45) is 0 Å². The molecule has 5 rings (SSSR count). The topological polar surface area (TPSA) is 76.5 Å². The Bertz CT molecular complexity index is 1350. The highest BCUT2D eigenvalue weighted by molar-refractivity contribution is 6.04. The van der Waals surface area contributed by atoms with Crippen LogP contribution >= 0.6 is 0 Å². The van der Waals surface area contributed by atoms with Crippen LogP contribution in [-0.4, -0.2) is 41.3 Å². The SMILES string of the molecule is Cc1ccc(NC(=O)c2ccnc(C(C)(F)F)c2)cc1-c1cc2n(c(=O)c1)CC[C@H]1COCCN21. The number of morpholine rings is 1. The molecule has 1 N–H and O–H groups in total. The predicted octanol–water partition coefficient (Wildman–Crippen LogP) is 4.19. The van der Waals surface area contributed by atoms with Crippen molar-refractivity contribution in [1.29, 1.82) is 0 Å². The van der Waals surface area contributed by atoms with E-state index < -0.39 is 17.5 Å². The number of hydrogen-bond donors (Lipinski definition) is 1. The van der Waals surface area contributed by atoms with Crippen molar-refractivity contribution >= 4 is 17.4 Å².